The Balaban J connectivity index is 0.000000847. The van der Waals surface area contributed by atoms with Gasteiger partial charge in [-0.05, 0) is 44.5 Å². The van der Waals surface area contributed by atoms with E-state index in [1.165, 1.54) is 0 Å². The summed E-state index contributed by atoms with van der Waals surface area (Å²) in [5, 5.41) is 4.36. The maximum Gasteiger partial charge on any atom is 0.134 e. The zero-order valence-corrected chi connectivity index (χ0v) is 13.9. The van der Waals surface area contributed by atoms with Crippen molar-refractivity contribution in [3.8, 4) is 11.3 Å². The first-order chi connectivity index (χ1) is 10.7. The Labute approximate surface area is 131 Å². The summed E-state index contributed by atoms with van der Waals surface area (Å²) in [4.78, 5) is 8.90. The molecule has 0 radical (unpaired) electrons. The maximum absolute atomic E-state index is 5.48. The lowest BCUT2D eigenvalue weighted by atomic mass is 10.1. The molecule has 0 aliphatic heterocycles. The Bertz CT molecular complexity index is 762. The van der Waals surface area contributed by atoms with E-state index in [4.69, 9.17) is 4.42 Å². The Kier molecular flexibility index (Phi) is 5.15. The molecule has 0 spiro atoms. The van der Waals surface area contributed by atoms with Crippen LogP contribution in [0.1, 0.15) is 32.2 Å². The van der Waals surface area contributed by atoms with Crippen LogP contribution >= 0.6 is 0 Å². The Morgan fingerprint density at radius 2 is 1.86 bits per heavy atom. The molecule has 0 saturated carbocycles. The number of aromatic nitrogens is 2. The largest absolute Gasteiger partial charge is 0.464 e. The SMILES string of the molecule is CC.CCNc1cc(-c2ccc3occ(C)c3c2)nc(C)n1. The number of aryl methyl sites for hydroxylation is 2. The highest BCUT2D eigenvalue weighted by molar-refractivity contribution is 5.85. The van der Waals surface area contributed by atoms with Crippen LogP contribution in [0.5, 0.6) is 0 Å². The number of nitrogens with one attached hydrogen (secondary N) is 1. The number of fused-ring (bicyclic) bond motifs is 1. The second-order valence-electron chi connectivity index (χ2n) is 4.85. The minimum Gasteiger partial charge on any atom is -0.464 e. The smallest absolute Gasteiger partial charge is 0.134 e. The molecule has 0 unspecified atom stereocenters. The van der Waals surface area contributed by atoms with Crippen LogP contribution in [-0.4, -0.2) is 16.5 Å². The second-order valence-corrected chi connectivity index (χ2v) is 4.85. The van der Waals surface area contributed by atoms with E-state index in [1.54, 1.807) is 6.26 Å². The summed E-state index contributed by atoms with van der Waals surface area (Å²) in [5.74, 6) is 1.63. The third-order valence-electron chi connectivity index (χ3n) is 3.26. The molecule has 22 heavy (non-hydrogen) atoms. The summed E-state index contributed by atoms with van der Waals surface area (Å²) in [7, 11) is 0. The molecule has 2 aromatic heterocycles. The standard InChI is InChI=1S/C16H17N3O.C2H6/c1-4-17-16-8-14(18-11(3)19-16)12-5-6-15-13(7-12)10(2)9-20-15;1-2/h5-9H,4H2,1-3H3,(H,17,18,19);1-2H3. The van der Waals surface area contributed by atoms with Gasteiger partial charge in [-0.2, -0.15) is 0 Å². The summed E-state index contributed by atoms with van der Waals surface area (Å²) < 4.78 is 5.48. The van der Waals surface area contributed by atoms with Crippen molar-refractivity contribution in [3.05, 3.63) is 41.9 Å². The highest BCUT2D eigenvalue weighted by atomic mass is 16.3. The topological polar surface area (TPSA) is 51.0 Å². The van der Waals surface area contributed by atoms with E-state index in [0.29, 0.717) is 0 Å². The molecule has 4 nitrogen and oxygen atoms in total. The number of hydrogen-bond donors (Lipinski definition) is 1. The van der Waals surface area contributed by atoms with Crippen molar-refractivity contribution in [2.45, 2.75) is 34.6 Å². The highest BCUT2D eigenvalue weighted by Gasteiger charge is 2.08. The summed E-state index contributed by atoms with van der Waals surface area (Å²) >= 11 is 0. The van der Waals surface area contributed by atoms with E-state index in [9.17, 15) is 0 Å². The van der Waals surface area contributed by atoms with Crippen LogP contribution in [0.3, 0.4) is 0 Å². The lowest BCUT2D eigenvalue weighted by molar-refractivity contribution is 0.613. The number of rotatable bonds is 3. The van der Waals surface area contributed by atoms with Crippen LogP contribution in [-0.2, 0) is 0 Å². The average Bonchev–Trinajstić information content (AvgIpc) is 2.90. The lowest BCUT2D eigenvalue weighted by Crippen LogP contribution is -2.02. The van der Waals surface area contributed by atoms with Gasteiger partial charge in [0.05, 0.1) is 12.0 Å². The maximum atomic E-state index is 5.48. The molecule has 3 aromatic rings. The molecule has 0 aliphatic carbocycles. The van der Waals surface area contributed by atoms with Crippen molar-refractivity contribution < 1.29 is 4.42 Å². The normalized spacial score (nSPS) is 10.2. The van der Waals surface area contributed by atoms with Crippen molar-refractivity contribution in [2.75, 3.05) is 11.9 Å². The van der Waals surface area contributed by atoms with Gasteiger partial charge in [0.15, 0.2) is 0 Å². The predicted molar refractivity (Wildman–Crippen MR) is 92.2 cm³/mol. The first kappa shape index (κ1) is 16.0. The van der Waals surface area contributed by atoms with Gasteiger partial charge in [-0.3, -0.25) is 0 Å². The van der Waals surface area contributed by atoms with Crippen molar-refractivity contribution in [1.82, 2.24) is 9.97 Å². The minimum absolute atomic E-state index is 0.766. The van der Waals surface area contributed by atoms with Gasteiger partial charge < -0.3 is 9.73 Å². The molecule has 1 N–H and O–H groups in total. The van der Waals surface area contributed by atoms with Gasteiger partial charge in [-0.25, -0.2) is 9.97 Å². The molecule has 116 valence electrons. The number of benzene rings is 1. The fourth-order valence-electron chi connectivity index (χ4n) is 2.30. The van der Waals surface area contributed by atoms with E-state index in [2.05, 4.69) is 28.3 Å². The van der Waals surface area contributed by atoms with Crippen molar-refractivity contribution >= 4 is 16.8 Å². The quantitative estimate of drug-likeness (QED) is 0.742. The van der Waals surface area contributed by atoms with E-state index in [-0.39, 0.29) is 0 Å². The van der Waals surface area contributed by atoms with Crippen LogP contribution in [0.25, 0.3) is 22.2 Å². The zero-order valence-electron chi connectivity index (χ0n) is 13.9. The Morgan fingerprint density at radius 1 is 1.09 bits per heavy atom. The first-order valence-electron chi connectivity index (χ1n) is 7.75. The molecule has 0 aliphatic rings. The van der Waals surface area contributed by atoms with E-state index >= 15 is 0 Å². The molecule has 0 saturated heterocycles. The molecule has 0 atom stereocenters. The fourth-order valence-corrected chi connectivity index (χ4v) is 2.30. The summed E-state index contributed by atoms with van der Waals surface area (Å²) in [5.41, 5.74) is 4.05. The van der Waals surface area contributed by atoms with Gasteiger partial charge in [-0.1, -0.05) is 13.8 Å². The lowest BCUT2D eigenvalue weighted by Gasteiger charge is -2.07. The van der Waals surface area contributed by atoms with Crippen molar-refractivity contribution in [3.63, 3.8) is 0 Å². The number of hydrogen-bond acceptors (Lipinski definition) is 4. The molecule has 0 fully saturated rings. The van der Waals surface area contributed by atoms with E-state index < -0.39 is 0 Å². The van der Waals surface area contributed by atoms with Crippen LogP contribution in [0.15, 0.2) is 34.9 Å². The van der Waals surface area contributed by atoms with Gasteiger partial charge in [0, 0.05) is 23.6 Å². The van der Waals surface area contributed by atoms with Gasteiger partial charge in [0.2, 0.25) is 0 Å². The van der Waals surface area contributed by atoms with Crippen LogP contribution in [0.2, 0.25) is 0 Å². The van der Waals surface area contributed by atoms with Crippen molar-refractivity contribution in [2.24, 2.45) is 0 Å². The zero-order chi connectivity index (χ0) is 16.1. The molecular formula is C18H23N3O. The molecule has 1 aromatic carbocycles. The number of nitrogens with zero attached hydrogens (tertiary/aromatic N) is 2. The van der Waals surface area contributed by atoms with E-state index in [1.807, 2.05) is 45.9 Å². The third kappa shape index (κ3) is 3.27. The first-order valence-corrected chi connectivity index (χ1v) is 7.75. The molecular weight excluding hydrogens is 274 g/mol. The molecule has 3 rings (SSSR count). The van der Waals surface area contributed by atoms with E-state index in [0.717, 1.165) is 46.0 Å². The number of anilines is 1. The van der Waals surface area contributed by atoms with Gasteiger partial charge in [0.1, 0.15) is 17.2 Å². The van der Waals surface area contributed by atoms with Gasteiger partial charge in [0.25, 0.3) is 0 Å². The average molecular weight is 297 g/mol. The Hall–Kier alpha value is -2.36. The molecule has 4 heteroatoms. The Morgan fingerprint density at radius 3 is 2.59 bits per heavy atom. The summed E-state index contributed by atoms with van der Waals surface area (Å²) in [6.07, 6.45) is 1.78. The monoisotopic (exact) mass is 297 g/mol. The van der Waals surface area contributed by atoms with Crippen LogP contribution in [0, 0.1) is 13.8 Å². The third-order valence-corrected chi connectivity index (χ3v) is 3.26. The second kappa shape index (κ2) is 7.07. The molecule has 0 bridgehead atoms. The fraction of sp³-hybridized carbons (Fsp3) is 0.333. The number of furan rings is 1. The summed E-state index contributed by atoms with van der Waals surface area (Å²) in [6, 6.07) is 8.11. The van der Waals surface area contributed by atoms with Gasteiger partial charge >= 0.3 is 0 Å². The van der Waals surface area contributed by atoms with Crippen LogP contribution in [0.4, 0.5) is 5.82 Å². The minimum atomic E-state index is 0.766. The van der Waals surface area contributed by atoms with Crippen molar-refractivity contribution in [1.29, 1.82) is 0 Å². The van der Waals surface area contributed by atoms with Gasteiger partial charge in [-0.15, -0.1) is 0 Å². The predicted octanol–water partition coefficient (Wildman–Crippen LogP) is 4.96. The molecule has 2 heterocycles. The summed E-state index contributed by atoms with van der Waals surface area (Å²) in [6.45, 7) is 10.9. The van der Waals surface area contributed by atoms with Crippen LogP contribution < -0.4 is 5.32 Å². The highest BCUT2D eigenvalue weighted by Crippen LogP contribution is 2.27. The molecule has 0 amide bonds.